The predicted molar refractivity (Wildman–Crippen MR) is 106 cm³/mol. The number of benzene rings is 4. The third-order valence-corrected chi connectivity index (χ3v) is 4.90. The summed E-state index contributed by atoms with van der Waals surface area (Å²) in [6.45, 7) is 1.94. The van der Waals surface area contributed by atoms with Crippen LogP contribution in [0.2, 0.25) is 0 Å². The number of aliphatic hydroxyl groups is 1. The molecular formula is C24H22O. The Kier molecular flexibility index (Phi) is 4.03. The molecule has 124 valence electrons. The van der Waals surface area contributed by atoms with Gasteiger partial charge in [-0.2, -0.15) is 0 Å². The summed E-state index contributed by atoms with van der Waals surface area (Å²) in [5.74, 6) is 0. The van der Waals surface area contributed by atoms with E-state index in [1.807, 2.05) is 6.92 Å². The summed E-state index contributed by atoms with van der Waals surface area (Å²) in [5.41, 5.74) is 1.60. The fourth-order valence-electron chi connectivity index (χ4n) is 3.78. The maximum atomic E-state index is 11.1. The van der Waals surface area contributed by atoms with Gasteiger partial charge in [0, 0.05) is 12.8 Å². The maximum absolute atomic E-state index is 11.1. The first-order chi connectivity index (χ1) is 12.1. The molecule has 0 fully saturated rings. The zero-order valence-electron chi connectivity index (χ0n) is 14.4. The topological polar surface area (TPSA) is 20.2 Å². The van der Waals surface area contributed by atoms with E-state index in [4.69, 9.17) is 0 Å². The first-order valence-electron chi connectivity index (χ1n) is 8.78. The molecule has 0 aromatic heterocycles. The van der Waals surface area contributed by atoms with Crippen LogP contribution in [0.25, 0.3) is 21.5 Å². The summed E-state index contributed by atoms with van der Waals surface area (Å²) in [7, 11) is 0. The molecule has 0 aliphatic heterocycles. The summed E-state index contributed by atoms with van der Waals surface area (Å²) < 4.78 is 0. The molecule has 1 heteroatoms. The van der Waals surface area contributed by atoms with Crippen LogP contribution in [0.4, 0.5) is 0 Å². The molecule has 4 aromatic carbocycles. The van der Waals surface area contributed by atoms with Crippen molar-refractivity contribution in [3.63, 3.8) is 0 Å². The SMILES string of the molecule is CC(O)(Cc1cccc2ccccc12)Cc1cccc2ccccc12. The van der Waals surface area contributed by atoms with E-state index in [0.29, 0.717) is 12.8 Å². The van der Waals surface area contributed by atoms with Gasteiger partial charge < -0.3 is 5.11 Å². The molecule has 0 bridgehead atoms. The van der Waals surface area contributed by atoms with Crippen molar-refractivity contribution in [1.29, 1.82) is 0 Å². The first-order valence-corrected chi connectivity index (χ1v) is 8.78. The normalized spacial score (nSPS) is 11.9. The molecule has 4 aromatic rings. The van der Waals surface area contributed by atoms with E-state index in [1.165, 1.54) is 32.7 Å². The van der Waals surface area contributed by atoms with Gasteiger partial charge in [-0.1, -0.05) is 84.9 Å². The Labute approximate surface area is 148 Å². The Morgan fingerprint density at radius 2 is 1.00 bits per heavy atom. The lowest BCUT2D eigenvalue weighted by Crippen LogP contribution is -2.30. The third-order valence-electron chi connectivity index (χ3n) is 4.90. The molecule has 0 amide bonds. The van der Waals surface area contributed by atoms with Gasteiger partial charge in [-0.05, 0) is 39.6 Å². The van der Waals surface area contributed by atoms with Crippen LogP contribution in [0, 0.1) is 0 Å². The van der Waals surface area contributed by atoms with Crippen molar-refractivity contribution in [3.05, 3.63) is 96.1 Å². The highest BCUT2D eigenvalue weighted by molar-refractivity contribution is 5.86. The Morgan fingerprint density at radius 1 is 0.600 bits per heavy atom. The Morgan fingerprint density at radius 3 is 1.48 bits per heavy atom. The highest BCUT2D eigenvalue weighted by Gasteiger charge is 2.23. The fourth-order valence-corrected chi connectivity index (χ4v) is 3.78. The van der Waals surface area contributed by atoms with E-state index in [9.17, 15) is 5.11 Å². The van der Waals surface area contributed by atoms with Crippen molar-refractivity contribution in [2.24, 2.45) is 0 Å². The molecule has 1 N–H and O–H groups in total. The molecule has 0 aliphatic carbocycles. The highest BCUT2D eigenvalue weighted by atomic mass is 16.3. The zero-order chi connectivity index (χ0) is 17.3. The average molecular weight is 326 g/mol. The molecule has 0 heterocycles. The van der Waals surface area contributed by atoms with Gasteiger partial charge in [-0.15, -0.1) is 0 Å². The second-order valence-corrected chi connectivity index (χ2v) is 7.13. The summed E-state index contributed by atoms with van der Waals surface area (Å²) in [4.78, 5) is 0. The van der Waals surface area contributed by atoms with Crippen LogP contribution in [-0.2, 0) is 12.8 Å². The Bertz CT molecular complexity index is 936. The van der Waals surface area contributed by atoms with Gasteiger partial charge in [0.25, 0.3) is 0 Å². The van der Waals surface area contributed by atoms with Gasteiger partial charge in [0.1, 0.15) is 0 Å². The third kappa shape index (κ3) is 3.29. The molecule has 25 heavy (non-hydrogen) atoms. The van der Waals surface area contributed by atoms with Gasteiger partial charge in [0.05, 0.1) is 5.60 Å². The van der Waals surface area contributed by atoms with E-state index in [0.717, 1.165) is 0 Å². The molecule has 0 saturated carbocycles. The van der Waals surface area contributed by atoms with E-state index in [2.05, 4.69) is 84.9 Å². The van der Waals surface area contributed by atoms with Crippen molar-refractivity contribution >= 4 is 21.5 Å². The molecule has 0 saturated heterocycles. The molecule has 0 radical (unpaired) electrons. The predicted octanol–water partition coefficient (Wildman–Crippen LogP) is 5.53. The molecule has 0 aliphatic rings. The lowest BCUT2D eigenvalue weighted by Gasteiger charge is -2.25. The number of rotatable bonds is 4. The van der Waals surface area contributed by atoms with Crippen molar-refractivity contribution < 1.29 is 5.11 Å². The van der Waals surface area contributed by atoms with E-state index < -0.39 is 5.60 Å². The fraction of sp³-hybridized carbons (Fsp3) is 0.167. The van der Waals surface area contributed by atoms with Crippen LogP contribution in [0.3, 0.4) is 0 Å². The molecule has 0 atom stereocenters. The molecule has 0 spiro atoms. The van der Waals surface area contributed by atoms with Gasteiger partial charge in [-0.3, -0.25) is 0 Å². The molecule has 0 unspecified atom stereocenters. The van der Waals surface area contributed by atoms with Crippen LogP contribution >= 0.6 is 0 Å². The largest absolute Gasteiger partial charge is 0.389 e. The second-order valence-electron chi connectivity index (χ2n) is 7.13. The van der Waals surface area contributed by atoms with Crippen molar-refractivity contribution in [2.45, 2.75) is 25.4 Å². The standard InChI is InChI=1S/C24H22O/c1-24(25,16-20-12-6-10-18-8-2-4-14-22(18)20)17-21-13-7-11-19-9-3-5-15-23(19)21/h2-15,25H,16-17H2,1H3. The van der Waals surface area contributed by atoms with Crippen molar-refractivity contribution in [2.75, 3.05) is 0 Å². The quantitative estimate of drug-likeness (QED) is 0.523. The Balaban J connectivity index is 1.67. The van der Waals surface area contributed by atoms with E-state index in [1.54, 1.807) is 0 Å². The van der Waals surface area contributed by atoms with Gasteiger partial charge in [-0.25, -0.2) is 0 Å². The Hall–Kier alpha value is -2.64. The molecule has 1 nitrogen and oxygen atoms in total. The van der Waals surface area contributed by atoms with E-state index in [-0.39, 0.29) is 0 Å². The molecular weight excluding hydrogens is 304 g/mol. The van der Waals surface area contributed by atoms with E-state index >= 15 is 0 Å². The number of fused-ring (bicyclic) bond motifs is 2. The minimum absolute atomic E-state index is 0.636. The summed E-state index contributed by atoms with van der Waals surface area (Å²) in [6.07, 6.45) is 1.27. The number of hydrogen-bond acceptors (Lipinski definition) is 1. The second kappa shape index (κ2) is 6.34. The maximum Gasteiger partial charge on any atom is 0.0700 e. The van der Waals surface area contributed by atoms with Crippen LogP contribution < -0.4 is 0 Å². The summed E-state index contributed by atoms with van der Waals surface area (Å²) >= 11 is 0. The van der Waals surface area contributed by atoms with Crippen LogP contribution in [0.1, 0.15) is 18.1 Å². The van der Waals surface area contributed by atoms with Crippen molar-refractivity contribution in [1.82, 2.24) is 0 Å². The smallest absolute Gasteiger partial charge is 0.0700 e. The minimum atomic E-state index is -0.797. The van der Waals surface area contributed by atoms with Gasteiger partial charge in [0.2, 0.25) is 0 Å². The van der Waals surface area contributed by atoms with Crippen LogP contribution in [0.5, 0.6) is 0 Å². The van der Waals surface area contributed by atoms with Gasteiger partial charge in [0.15, 0.2) is 0 Å². The van der Waals surface area contributed by atoms with Crippen molar-refractivity contribution in [3.8, 4) is 0 Å². The van der Waals surface area contributed by atoms with Gasteiger partial charge >= 0.3 is 0 Å². The lowest BCUT2D eigenvalue weighted by molar-refractivity contribution is 0.0615. The lowest BCUT2D eigenvalue weighted by atomic mass is 9.86. The van der Waals surface area contributed by atoms with Crippen LogP contribution in [0.15, 0.2) is 84.9 Å². The zero-order valence-corrected chi connectivity index (χ0v) is 14.4. The summed E-state index contributed by atoms with van der Waals surface area (Å²) in [6, 6.07) is 29.4. The minimum Gasteiger partial charge on any atom is -0.389 e. The number of hydrogen-bond donors (Lipinski definition) is 1. The monoisotopic (exact) mass is 326 g/mol. The first kappa shape index (κ1) is 15.9. The average Bonchev–Trinajstić information content (AvgIpc) is 2.62. The van der Waals surface area contributed by atoms with Crippen LogP contribution in [-0.4, -0.2) is 10.7 Å². The summed E-state index contributed by atoms with van der Waals surface area (Å²) in [5, 5.41) is 16.0. The molecule has 4 rings (SSSR count). The highest BCUT2D eigenvalue weighted by Crippen LogP contribution is 2.27.